The predicted molar refractivity (Wildman–Crippen MR) is 102 cm³/mol. The molecule has 2 aromatic rings. The number of anilines is 1. The van der Waals surface area contributed by atoms with Crippen LogP contribution in [0.1, 0.15) is 24.8 Å². The lowest BCUT2D eigenvalue weighted by molar-refractivity contribution is 0.217. The van der Waals surface area contributed by atoms with Crippen molar-refractivity contribution in [2.24, 2.45) is 4.99 Å². The van der Waals surface area contributed by atoms with E-state index in [1.807, 2.05) is 23.1 Å². The average Bonchev–Trinajstić information content (AvgIpc) is 3.26. The Morgan fingerprint density at radius 3 is 2.77 bits per heavy atom. The lowest BCUT2D eigenvalue weighted by Crippen LogP contribution is -2.38. The molecule has 0 spiro atoms. The van der Waals surface area contributed by atoms with Gasteiger partial charge in [-0.05, 0) is 44.1 Å². The first-order valence-corrected chi connectivity index (χ1v) is 9.65. The summed E-state index contributed by atoms with van der Waals surface area (Å²) < 4.78 is 3.28. The summed E-state index contributed by atoms with van der Waals surface area (Å²) in [6.45, 7) is 5.16. The molecular weight excluding hydrogens is 352 g/mol. The maximum absolute atomic E-state index is 13.1. The number of hydrogen-bond acceptors (Lipinski definition) is 5. The molecule has 1 aromatic heterocycles. The van der Waals surface area contributed by atoms with E-state index in [2.05, 4.69) is 15.0 Å². The van der Waals surface area contributed by atoms with Gasteiger partial charge in [0.1, 0.15) is 5.84 Å². The molecule has 0 N–H and O–H groups in total. The molecule has 136 valence electrons. The third-order valence-corrected chi connectivity index (χ3v) is 5.66. The molecule has 4 heterocycles. The van der Waals surface area contributed by atoms with Gasteiger partial charge in [0.25, 0.3) is 0 Å². The fraction of sp³-hybridized carbons (Fsp3) is 0.500. The number of amidine groups is 1. The summed E-state index contributed by atoms with van der Waals surface area (Å²) in [4.78, 5) is 22.2. The van der Waals surface area contributed by atoms with Gasteiger partial charge in [-0.1, -0.05) is 18.0 Å². The lowest BCUT2D eigenvalue weighted by atomic mass is 10.1. The third-order valence-electron chi connectivity index (χ3n) is 5.42. The van der Waals surface area contributed by atoms with Gasteiger partial charge in [-0.2, -0.15) is 0 Å². The highest BCUT2D eigenvalue weighted by Crippen LogP contribution is 2.31. The molecule has 26 heavy (non-hydrogen) atoms. The van der Waals surface area contributed by atoms with E-state index in [1.54, 1.807) is 9.25 Å². The van der Waals surface area contributed by atoms with Crippen LogP contribution in [-0.2, 0) is 6.54 Å². The summed E-state index contributed by atoms with van der Waals surface area (Å²) in [6, 6.07) is 5.61. The smallest absolute Gasteiger partial charge is 0.301 e. The minimum Gasteiger partial charge on any atom is -0.301 e. The van der Waals surface area contributed by atoms with Crippen LogP contribution in [0.4, 0.5) is 5.95 Å². The van der Waals surface area contributed by atoms with Crippen LogP contribution in [0.25, 0.3) is 5.69 Å². The van der Waals surface area contributed by atoms with Crippen LogP contribution in [0.5, 0.6) is 0 Å². The molecule has 7 nitrogen and oxygen atoms in total. The molecule has 3 aliphatic heterocycles. The highest BCUT2D eigenvalue weighted by Gasteiger charge is 2.34. The molecule has 8 heteroatoms. The number of benzene rings is 1. The number of aliphatic imine (C=N–C) groups is 1. The molecule has 5 rings (SSSR count). The topological polar surface area (TPSA) is 58.7 Å². The highest BCUT2D eigenvalue weighted by atomic mass is 35.5. The molecule has 1 saturated heterocycles. The van der Waals surface area contributed by atoms with Crippen molar-refractivity contribution in [1.82, 2.24) is 19.2 Å². The summed E-state index contributed by atoms with van der Waals surface area (Å²) in [5.74, 6) is 1.54. The fourth-order valence-electron chi connectivity index (χ4n) is 4.10. The normalized spacial score (nSPS) is 19.1. The van der Waals surface area contributed by atoms with Crippen molar-refractivity contribution in [3.63, 3.8) is 0 Å². The first-order chi connectivity index (χ1) is 12.7. The van der Waals surface area contributed by atoms with Gasteiger partial charge in [0.05, 0.1) is 18.8 Å². The number of likely N-dealkylation sites (tertiary alicyclic amines) is 1. The second kappa shape index (κ2) is 6.25. The standard InChI is InChI=1S/C18H21ClN6O/c19-13-4-5-14-15(12-13)25-17(23-9-6-20-16(14)23)21-24(18(25)26)11-10-22-7-2-1-3-8-22/h4-5,12H,1-3,6-11H2. The molecule has 0 radical (unpaired) electrons. The molecule has 0 saturated carbocycles. The van der Waals surface area contributed by atoms with Crippen LogP contribution in [0, 0.1) is 0 Å². The summed E-state index contributed by atoms with van der Waals surface area (Å²) in [5, 5.41) is 5.25. The van der Waals surface area contributed by atoms with E-state index >= 15 is 0 Å². The second-order valence-corrected chi connectivity index (χ2v) is 7.50. The van der Waals surface area contributed by atoms with E-state index in [0.29, 0.717) is 24.1 Å². The van der Waals surface area contributed by atoms with Crippen molar-refractivity contribution in [1.29, 1.82) is 0 Å². The zero-order valence-corrected chi connectivity index (χ0v) is 15.3. The minimum absolute atomic E-state index is 0.105. The largest absolute Gasteiger partial charge is 0.352 e. The Morgan fingerprint density at radius 1 is 1.08 bits per heavy atom. The van der Waals surface area contributed by atoms with Gasteiger partial charge in [-0.25, -0.2) is 14.0 Å². The Labute approximate surface area is 156 Å². The molecular formula is C18H21ClN6O. The maximum Gasteiger partial charge on any atom is 0.352 e. The Morgan fingerprint density at radius 2 is 1.92 bits per heavy atom. The van der Waals surface area contributed by atoms with Crippen LogP contribution in [0.3, 0.4) is 0 Å². The zero-order chi connectivity index (χ0) is 17.7. The Hall–Kier alpha value is -2.12. The van der Waals surface area contributed by atoms with Gasteiger partial charge in [0, 0.05) is 23.7 Å². The van der Waals surface area contributed by atoms with E-state index in [4.69, 9.17) is 11.6 Å². The molecule has 0 bridgehead atoms. The first kappa shape index (κ1) is 16.1. The SMILES string of the molecule is O=c1n(CCN2CCCCC2)nc2n1-c1cc(Cl)ccc1C1=NCCN12. The minimum atomic E-state index is -0.105. The Balaban J connectivity index is 1.54. The van der Waals surface area contributed by atoms with E-state index < -0.39 is 0 Å². The van der Waals surface area contributed by atoms with Crippen LogP contribution < -0.4 is 10.6 Å². The second-order valence-electron chi connectivity index (χ2n) is 7.06. The number of hydrogen-bond donors (Lipinski definition) is 0. The number of nitrogens with zero attached hydrogens (tertiary/aromatic N) is 6. The third kappa shape index (κ3) is 2.49. The predicted octanol–water partition coefficient (Wildman–Crippen LogP) is 1.75. The number of piperidine rings is 1. The monoisotopic (exact) mass is 372 g/mol. The zero-order valence-electron chi connectivity index (χ0n) is 14.6. The lowest BCUT2D eigenvalue weighted by Gasteiger charge is -2.26. The average molecular weight is 373 g/mol. The summed E-state index contributed by atoms with van der Waals surface area (Å²) in [7, 11) is 0. The first-order valence-electron chi connectivity index (χ1n) is 9.27. The quantitative estimate of drug-likeness (QED) is 0.823. The van der Waals surface area contributed by atoms with Crippen LogP contribution in [0.15, 0.2) is 28.0 Å². The summed E-state index contributed by atoms with van der Waals surface area (Å²) in [5.41, 5.74) is 1.61. The molecule has 0 amide bonds. The van der Waals surface area contributed by atoms with Crippen molar-refractivity contribution in [3.8, 4) is 5.69 Å². The summed E-state index contributed by atoms with van der Waals surface area (Å²) in [6.07, 6.45) is 3.80. The van der Waals surface area contributed by atoms with Gasteiger partial charge >= 0.3 is 5.69 Å². The fourth-order valence-corrected chi connectivity index (χ4v) is 4.26. The molecule has 1 fully saturated rings. The van der Waals surface area contributed by atoms with E-state index in [-0.39, 0.29) is 5.69 Å². The molecule has 0 unspecified atom stereocenters. The van der Waals surface area contributed by atoms with Gasteiger partial charge in [-0.3, -0.25) is 9.89 Å². The van der Waals surface area contributed by atoms with Crippen molar-refractivity contribution in [3.05, 3.63) is 39.3 Å². The van der Waals surface area contributed by atoms with Crippen molar-refractivity contribution in [2.75, 3.05) is 37.6 Å². The maximum atomic E-state index is 13.1. The number of halogens is 1. The van der Waals surface area contributed by atoms with Crippen LogP contribution >= 0.6 is 11.6 Å². The van der Waals surface area contributed by atoms with Crippen molar-refractivity contribution < 1.29 is 0 Å². The number of fused-ring (bicyclic) bond motifs is 6. The number of rotatable bonds is 3. The molecule has 3 aliphatic rings. The van der Waals surface area contributed by atoms with Gasteiger partial charge in [0.2, 0.25) is 5.95 Å². The van der Waals surface area contributed by atoms with Crippen LogP contribution in [0.2, 0.25) is 5.02 Å². The Kier molecular flexibility index (Phi) is 3.86. The van der Waals surface area contributed by atoms with E-state index in [9.17, 15) is 4.79 Å². The van der Waals surface area contributed by atoms with Crippen molar-refractivity contribution in [2.45, 2.75) is 25.8 Å². The van der Waals surface area contributed by atoms with Gasteiger partial charge < -0.3 is 4.90 Å². The molecule has 1 aromatic carbocycles. The highest BCUT2D eigenvalue weighted by molar-refractivity contribution is 6.31. The number of aromatic nitrogens is 3. The van der Waals surface area contributed by atoms with Crippen LogP contribution in [-0.4, -0.2) is 57.8 Å². The van der Waals surface area contributed by atoms with Gasteiger partial charge in [-0.15, -0.1) is 5.10 Å². The molecule has 0 aliphatic carbocycles. The van der Waals surface area contributed by atoms with E-state index in [0.717, 1.165) is 43.3 Å². The molecule has 0 atom stereocenters. The van der Waals surface area contributed by atoms with Gasteiger partial charge in [0.15, 0.2) is 0 Å². The van der Waals surface area contributed by atoms with Crippen molar-refractivity contribution >= 4 is 23.4 Å². The Bertz CT molecular complexity index is 940. The van der Waals surface area contributed by atoms with E-state index in [1.165, 1.54) is 19.3 Å². The summed E-state index contributed by atoms with van der Waals surface area (Å²) >= 11 is 6.21.